The van der Waals surface area contributed by atoms with E-state index in [1.165, 1.54) is 0 Å². The van der Waals surface area contributed by atoms with Crippen molar-refractivity contribution < 1.29 is 9.53 Å². The van der Waals surface area contributed by atoms with Gasteiger partial charge >= 0.3 is 0 Å². The number of aromatic nitrogens is 1. The van der Waals surface area contributed by atoms with Crippen LogP contribution in [0.5, 0.6) is 5.75 Å². The first-order valence-electron chi connectivity index (χ1n) is 9.66. The predicted molar refractivity (Wildman–Crippen MR) is 121 cm³/mol. The Balaban J connectivity index is 1.58. The zero-order valence-corrected chi connectivity index (χ0v) is 17.3. The van der Waals surface area contributed by atoms with Gasteiger partial charge in [-0.25, -0.2) is 0 Å². The van der Waals surface area contributed by atoms with Gasteiger partial charge < -0.3 is 10.1 Å². The predicted octanol–water partition coefficient (Wildman–Crippen LogP) is 5.42. The number of amides is 1. The van der Waals surface area contributed by atoms with Crippen molar-refractivity contribution in [3.8, 4) is 16.9 Å². The maximum absolute atomic E-state index is 12.4. The highest BCUT2D eigenvalue weighted by atomic mass is 35.5. The third kappa shape index (κ3) is 4.29. The van der Waals surface area contributed by atoms with Crippen LogP contribution in [0.4, 0.5) is 0 Å². The second kappa shape index (κ2) is 8.97. The van der Waals surface area contributed by atoms with Gasteiger partial charge in [0.25, 0.3) is 0 Å². The van der Waals surface area contributed by atoms with Gasteiger partial charge in [-0.1, -0.05) is 54.1 Å². The summed E-state index contributed by atoms with van der Waals surface area (Å²) >= 11 is 6.16. The first kappa shape index (κ1) is 19.9. The molecule has 1 aromatic heterocycles. The summed E-state index contributed by atoms with van der Waals surface area (Å²) in [5.41, 5.74) is 3.99. The fourth-order valence-corrected chi connectivity index (χ4v) is 3.72. The van der Waals surface area contributed by atoms with E-state index >= 15 is 0 Å². The third-order valence-electron chi connectivity index (χ3n) is 5.07. The van der Waals surface area contributed by atoms with Crippen molar-refractivity contribution in [2.24, 2.45) is 0 Å². The van der Waals surface area contributed by atoms with E-state index in [1.54, 1.807) is 19.4 Å². The van der Waals surface area contributed by atoms with E-state index in [0.29, 0.717) is 11.6 Å². The highest BCUT2D eigenvalue weighted by molar-refractivity contribution is 6.31. The molecule has 0 aliphatic carbocycles. The highest BCUT2D eigenvalue weighted by Gasteiger charge is 2.11. The molecule has 0 aliphatic heterocycles. The molecule has 0 radical (unpaired) electrons. The fraction of sp³-hybridized carbons (Fsp3) is 0.120. The zero-order valence-electron chi connectivity index (χ0n) is 16.6. The van der Waals surface area contributed by atoms with Crippen molar-refractivity contribution in [2.75, 3.05) is 7.11 Å². The second-order valence-electron chi connectivity index (χ2n) is 6.97. The normalized spacial score (nSPS) is 10.7. The molecule has 0 fully saturated rings. The van der Waals surface area contributed by atoms with Gasteiger partial charge in [0.15, 0.2) is 0 Å². The Bertz CT molecular complexity index is 1210. The molecule has 1 heterocycles. The molecule has 4 aromatic rings. The van der Waals surface area contributed by atoms with Crippen molar-refractivity contribution in [3.63, 3.8) is 0 Å². The van der Waals surface area contributed by atoms with E-state index in [9.17, 15) is 4.79 Å². The smallest absolute Gasteiger partial charge is 0.224 e. The van der Waals surface area contributed by atoms with Gasteiger partial charge in [0, 0.05) is 29.3 Å². The summed E-state index contributed by atoms with van der Waals surface area (Å²) in [6.07, 6.45) is 3.87. The summed E-state index contributed by atoms with van der Waals surface area (Å²) in [7, 11) is 1.66. The number of hydrogen-bond acceptors (Lipinski definition) is 3. The number of ether oxygens (including phenoxy) is 1. The SMILES string of the molecule is COc1cccc(-c2ccc(CNC(=O)Cc3ccccc3Cl)c3cnccc23)c1. The minimum atomic E-state index is -0.0722. The van der Waals surface area contributed by atoms with E-state index in [2.05, 4.69) is 22.4 Å². The van der Waals surface area contributed by atoms with E-state index in [-0.39, 0.29) is 12.3 Å². The Labute approximate surface area is 180 Å². The number of halogens is 1. The molecule has 0 unspecified atom stereocenters. The molecule has 4 nitrogen and oxygen atoms in total. The molecule has 4 rings (SSSR count). The van der Waals surface area contributed by atoms with Gasteiger partial charge in [-0.2, -0.15) is 0 Å². The number of fused-ring (bicyclic) bond motifs is 1. The molecule has 150 valence electrons. The number of benzene rings is 3. The number of nitrogens with zero attached hydrogens (tertiary/aromatic N) is 1. The van der Waals surface area contributed by atoms with Gasteiger partial charge in [0.1, 0.15) is 5.75 Å². The summed E-state index contributed by atoms with van der Waals surface area (Å²) in [4.78, 5) is 16.7. The summed E-state index contributed by atoms with van der Waals surface area (Å²) in [5.74, 6) is 0.739. The third-order valence-corrected chi connectivity index (χ3v) is 5.44. The molecule has 0 saturated carbocycles. The fourth-order valence-electron chi connectivity index (χ4n) is 3.52. The number of rotatable bonds is 6. The Morgan fingerprint density at radius 3 is 2.70 bits per heavy atom. The van der Waals surface area contributed by atoms with Crippen molar-refractivity contribution in [1.29, 1.82) is 0 Å². The minimum absolute atomic E-state index is 0.0722. The highest BCUT2D eigenvalue weighted by Crippen LogP contribution is 2.32. The molecule has 0 spiro atoms. The maximum Gasteiger partial charge on any atom is 0.224 e. The van der Waals surface area contributed by atoms with Crippen LogP contribution in [0.2, 0.25) is 5.02 Å². The molecule has 0 saturated heterocycles. The van der Waals surface area contributed by atoms with E-state index in [4.69, 9.17) is 16.3 Å². The van der Waals surface area contributed by atoms with Crippen LogP contribution < -0.4 is 10.1 Å². The molecule has 1 N–H and O–H groups in total. The topological polar surface area (TPSA) is 51.2 Å². The molecule has 0 atom stereocenters. The van der Waals surface area contributed by atoms with Crippen molar-refractivity contribution >= 4 is 28.3 Å². The maximum atomic E-state index is 12.4. The van der Waals surface area contributed by atoms with Crippen molar-refractivity contribution in [3.05, 3.63) is 95.3 Å². The minimum Gasteiger partial charge on any atom is -0.497 e. The molecule has 1 amide bonds. The lowest BCUT2D eigenvalue weighted by molar-refractivity contribution is -0.120. The van der Waals surface area contributed by atoms with Crippen LogP contribution >= 0.6 is 11.6 Å². The van der Waals surface area contributed by atoms with E-state index in [0.717, 1.165) is 38.8 Å². The quantitative estimate of drug-likeness (QED) is 0.456. The average Bonchev–Trinajstić information content (AvgIpc) is 2.79. The van der Waals surface area contributed by atoms with Crippen LogP contribution in [0.15, 0.2) is 79.1 Å². The van der Waals surface area contributed by atoms with E-state index in [1.807, 2.05) is 54.7 Å². The summed E-state index contributed by atoms with van der Waals surface area (Å²) in [6.45, 7) is 0.421. The number of pyridine rings is 1. The van der Waals surface area contributed by atoms with Crippen LogP contribution in [0.3, 0.4) is 0 Å². The van der Waals surface area contributed by atoms with Crippen molar-refractivity contribution in [1.82, 2.24) is 10.3 Å². The van der Waals surface area contributed by atoms with Crippen LogP contribution in [0.1, 0.15) is 11.1 Å². The van der Waals surface area contributed by atoms with Crippen LogP contribution in [-0.2, 0) is 17.8 Å². The van der Waals surface area contributed by atoms with Gasteiger partial charge in [0.2, 0.25) is 5.91 Å². The molecule has 0 bridgehead atoms. The van der Waals surface area contributed by atoms with Crippen LogP contribution in [-0.4, -0.2) is 18.0 Å². The molecule has 0 aliphatic rings. The number of methoxy groups -OCH3 is 1. The van der Waals surface area contributed by atoms with Gasteiger partial charge in [-0.3, -0.25) is 9.78 Å². The Kier molecular flexibility index (Phi) is 5.96. The number of hydrogen-bond donors (Lipinski definition) is 1. The standard InChI is InChI=1S/C25H21ClN2O2/c1-30-20-7-4-6-17(13-20)21-10-9-19(23-16-27-12-11-22(21)23)15-28-25(29)14-18-5-2-3-8-24(18)26/h2-13,16H,14-15H2,1H3,(H,28,29). The average molecular weight is 417 g/mol. The van der Waals surface area contributed by atoms with Gasteiger partial charge in [0.05, 0.1) is 13.5 Å². The molecular weight excluding hydrogens is 396 g/mol. The summed E-state index contributed by atoms with van der Waals surface area (Å²) in [6, 6.07) is 21.5. The number of carbonyl (C=O) groups is 1. The lowest BCUT2D eigenvalue weighted by Crippen LogP contribution is -2.24. The second-order valence-corrected chi connectivity index (χ2v) is 7.38. The molecule has 3 aromatic carbocycles. The largest absolute Gasteiger partial charge is 0.497 e. The Morgan fingerprint density at radius 2 is 1.87 bits per heavy atom. The lowest BCUT2D eigenvalue weighted by Gasteiger charge is -2.13. The molecule has 5 heteroatoms. The monoisotopic (exact) mass is 416 g/mol. The zero-order chi connectivity index (χ0) is 20.9. The van der Waals surface area contributed by atoms with Crippen molar-refractivity contribution in [2.45, 2.75) is 13.0 Å². The van der Waals surface area contributed by atoms with Gasteiger partial charge in [-0.05, 0) is 51.9 Å². The molecule has 30 heavy (non-hydrogen) atoms. The van der Waals surface area contributed by atoms with Crippen LogP contribution in [0.25, 0.3) is 21.9 Å². The first-order chi connectivity index (χ1) is 14.7. The summed E-state index contributed by atoms with van der Waals surface area (Å²) in [5, 5.41) is 5.69. The summed E-state index contributed by atoms with van der Waals surface area (Å²) < 4.78 is 5.37. The van der Waals surface area contributed by atoms with E-state index < -0.39 is 0 Å². The number of nitrogens with one attached hydrogen (secondary N) is 1. The Morgan fingerprint density at radius 1 is 1.00 bits per heavy atom. The van der Waals surface area contributed by atoms with Gasteiger partial charge in [-0.15, -0.1) is 0 Å². The molecular formula is C25H21ClN2O2. The Hall–Kier alpha value is -3.37. The lowest BCUT2D eigenvalue weighted by atomic mass is 9.96. The van der Waals surface area contributed by atoms with Crippen LogP contribution in [0, 0.1) is 0 Å². The number of carbonyl (C=O) groups excluding carboxylic acids is 1. The first-order valence-corrected chi connectivity index (χ1v) is 10.0.